The molecule has 4 nitrogen and oxygen atoms in total. The molecule has 0 saturated carbocycles. The van der Waals surface area contributed by atoms with Crippen molar-refractivity contribution in [3.8, 4) is 5.75 Å². The fraction of sp³-hybridized carbons (Fsp3) is 0.545. The minimum absolute atomic E-state index is 0.0308. The smallest absolute Gasteiger partial charge is 0.282 e. The molecule has 1 aromatic heterocycles. The Kier molecular flexibility index (Phi) is 6.35. The lowest BCUT2D eigenvalue weighted by molar-refractivity contribution is 0.0996. The zero-order chi connectivity index (χ0) is 20.5. The van der Waals surface area contributed by atoms with Crippen molar-refractivity contribution in [2.24, 2.45) is 10.9 Å². The summed E-state index contributed by atoms with van der Waals surface area (Å²) in [6.45, 7) is 8.84. The van der Waals surface area contributed by atoms with Crippen molar-refractivity contribution in [3.63, 3.8) is 0 Å². The Morgan fingerprint density at radius 1 is 1.39 bits per heavy atom. The number of benzene rings is 1. The van der Waals surface area contributed by atoms with Crippen molar-refractivity contribution in [1.29, 1.82) is 0 Å². The van der Waals surface area contributed by atoms with Crippen LogP contribution in [-0.4, -0.2) is 17.0 Å². The number of carbonyl (C=O) groups is 1. The molecule has 1 atom stereocenters. The standard InChI is InChI=1S/C22H29ClN2O2S/c1-6-7-14-8-10-18-16(12-14)21(28-25(18)22(2,3)4)24-20(26)17-13-15(23)9-11-19(17)27-5/h9,11,13-14H,6-8,10,12H2,1-5H3/b24-21-. The predicted molar refractivity (Wildman–Crippen MR) is 116 cm³/mol. The number of methoxy groups -OCH3 is 1. The third kappa shape index (κ3) is 4.36. The normalized spacial score (nSPS) is 17.5. The van der Waals surface area contributed by atoms with E-state index in [4.69, 9.17) is 16.3 Å². The molecule has 1 heterocycles. The molecule has 6 heteroatoms. The van der Waals surface area contributed by atoms with Crippen LogP contribution in [0.4, 0.5) is 0 Å². The lowest BCUT2D eigenvalue weighted by Crippen LogP contribution is -2.25. The highest BCUT2D eigenvalue weighted by Gasteiger charge is 2.28. The Morgan fingerprint density at radius 2 is 2.14 bits per heavy atom. The van der Waals surface area contributed by atoms with E-state index in [1.807, 2.05) is 0 Å². The van der Waals surface area contributed by atoms with Gasteiger partial charge >= 0.3 is 0 Å². The average Bonchev–Trinajstić information content (AvgIpc) is 3.00. The van der Waals surface area contributed by atoms with Gasteiger partial charge in [-0.05, 0) is 75.7 Å². The number of aromatic nitrogens is 1. The summed E-state index contributed by atoms with van der Waals surface area (Å²) in [5.74, 6) is 0.864. The Bertz CT molecular complexity index is 937. The first-order chi connectivity index (χ1) is 13.2. The number of hydrogen-bond donors (Lipinski definition) is 0. The topological polar surface area (TPSA) is 43.6 Å². The van der Waals surface area contributed by atoms with Gasteiger partial charge in [0.15, 0.2) is 0 Å². The van der Waals surface area contributed by atoms with E-state index in [-0.39, 0.29) is 11.4 Å². The van der Waals surface area contributed by atoms with E-state index in [2.05, 4.69) is 36.6 Å². The van der Waals surface area contributed by atoms with Crippen LogP contribution < -0.4 is 9.41 Å². The maximum atomic E-state index is 13.0. The van der Waals surface area contributed by atoms with E-state index in [9.17, 15) is 4.79 Å². The van der Waals surface area contributed by atoms with Gasteiger partial charge in [-0.2, -0.15) is 4.99 Å². The Labute approximate surface area is 176 Å². The van der Waals surface area contributed by atoms with Crippen LogP contribution in [0.3, 0.4) is 0 Å². The highest BCUT2D eigenvalue weighted by atomic mass is 35.5. The molecule has 1 aliphatic carbocycles. The summed E-state index contributed by atoms with van der Waals surface area (Å²) in [5.41, 5.74) is 2.96. The number of carbonyl (C=O) groups excluding carboxylic acids is 1. The van der Waals surface area contributed by atoms with Crippen molar-refractivity contribution in [3.05, 3.63) is 44.7 Å². The average molecular weight is 421 g/mol. The van der Waals surface area contributed by atoms with Crippen LogP contribution in [0.25, 0.3) is 0 Å². The van der Waals surface area contributed by atoms with Crippen molar-refractivity contribution in [2.75, 3.05) is 7.11 Å². The molecule has 0 aliphatic heterocycles. The quantitative estimate of drug-likeness (QED) is 0.644. The van der Waals surface area contributed by atoms with Crippen LogP contribution >= 0.6 is 23.1 Å². The van der Waals surface area contributed by atoms with Crippen molar-refractivity contribution in [2.45, 2.75) is 65.3 Å². The second-order valence-electron chi connectivity index (χ2n) is 8.45. The molecule has 1 amide bonds. The summed E-state index contributed by atoms with van der Waals surface area (Å²) in [6, 6.07) is 5.05. The van der Waals surface area contributed by atoms with Gasteiger partial charge in [-0.1, -0.05) is 31.4 Å². The molecule has 28 heavy (non-hydrogen) atoms. The summed E-state index contributed by atoms with van der Waals surface area (Å²) in [4.78, 5) is 17.5. The van der Waals surface area contributed by atoms with Crippen LogP contribution in [0.2, 0.25) is 5.02 Å². The summed E-state index contributed by atoms with van der Waals surface area (Å²) in [7, 11) is 1.55. The molecule has 1 aliphatic rings. The van der Waals surface area contributed by atoms with Gasteiger partial charge in [-0.15, -0.1) is 0 Å². The second-order valence-corrected chi connectivity index (χ2v) is 9.82. The molecule has 1 unspecified atom stereocenters. The zero-order valence-electron chi connectivity index (χ0n) is 17.3. The molecular formula is C22H29ClN2O2S. The highest BCUT2D eigenvalue weighted by molar-refractivity contribution is 7.04. The van der Waals surface area contributed by atoms with Crippen molar-refractivity contribution >= 4 is 29.0 Å². The third-order valence-electron chi connectivity index (χ3n) is 5.21. The van der Waals surface area contributed by atoms with Gasteiger partial charge < -0.3 is 4.74 Å². The number of hydrogen-bond acceptors (Lipinski definition) is 3. The number of fused-ring (bicyclic) bond motifs is 1. The molecule has 0 radical (unpaired) electrons. The van der Waals surface area contributed by atoms with Gasteiger partial charge in [0.05, 0.1) is 12.7 Å². The fourth-order valence-corrected chi connectivity index (χ4v) is 5.28. The van der Waals surface area contributed by atoms with Gasteiger partial charge in [0.1, 0.15) is 10.4 Å². The molecule has 0 spiro atoms. The lowest BCUT2D eigenvalue weighted by Gasteiger charge is -2.27. The Balaban J connectivity index is 2.10. The maximum Gasteiger partial charge on any atom is 0.282 e. The number of rotatable bonds is 4. The van der Waals surface area contributed by atoms with Gasteiger partial charge in [0.2, 0.25) is 0 Å². The van der Waals surface area contributed by atoms with Crippen LogP contribution in [-0.2, 0) is 18.4 Å². The summed E-state index contributed by atoms with van der Waals surface area (Å²) < 4.78 is 8.51. The number of halogens is 1. The zero-order valence-corrected chi connectivity index (χ0v) is 18.9. The van der Waals surface area contributed by atoms with Gasteiger partial charge in [-0.3, -0.25) is 8.75 Å². The number of amides is 1. The van der Waals surface area contributed by atoms with Crippen LogP contribution in [0.1, 0.15) is 68.6 Å². The van der Waals surface area contributed by atoms with Gasteiger partial charge in [0.25, 0.3) is 5.91 Å². The van der Waals surface area contributed by atoms with Crippen molar-refractivity contribution < 1.29 is 9.53 Å². The number of ether oxygens (including phenoxy) is 1. The monoisotopic (exact) mass is 420 g/mol. The first kappa shape index (κ1) is 21.1. The molecule has 2 aromatic rings. The van der Waals surface area contributed by atoms with E-state index in [0.717, 1.165) is 17.5 Å². The first-order valence-electron chi connectivity index (χ1n) is 9.91. The minimum atomic E-state index is -0.304. The van der Waals surface area contributed by atoms with Crippen LogP contribution in [0.15, 0.2) is 23.2 Å². The molecule has 3 rings (SSSR count). The molecule has 0 fully saturated rings. The second kappa shape index (κ2) is 8.42. The van der Waals surface area contributed by atoms with E-state index in [1.165, 1.54) is 30.5 Å². The largest absolute Gasteiger partial charge is 0.496 e. The molecule has 0 N–H and O–H groups in total. The molecule has 1 aromatic carbocycles. The maximum absolute atomic E-state index is 13.0. The van der Waals surface area contributed by atoms with Crippen LogP contribution in [0.5, 0.6) is 5.75 Å². The van der Waals surface area contributed by atoms with E-state index >= 15 is 0 Å². The highest BCUT2D eigenvalue weighted by Crippen LogP contribution is 2.32. The molecule has 0 bridgehead atoms. The Morgan fingerprint density at radius 3 is 2.79 bits per heavy atom. The van der Waals surface area contributed by atoms with Crippen LogP contribution in [0, 0.1) is 5.92 Å². The summed E-state index contributed by atoms with van der Waals surface area (Å²) in [6.07, 6.45) is 5.68. The fourth-order valence-electron chi connectivity index (χ4n) is 3.92. The van der Waals surface area contributed by atoms with E-state index < -0.39 is 0 Å². The Hall–Kier alpha value is -1.59. The molecule has 152 valence electrons. The third-order valence-corrected chi connectivity index (χ3v) is 6.91. The number of nitrogens with zero attached hydrogens (tertiary/aromatic N) is 2. The van der Waals surface area contributed by atoms with Gasteiger partial charge in [0, 0.05) is 21.8 Å². The predicted octanol–water partition coefficient (Wildman–Crippen LogP) is 5.61. The van der Waals surface area contributed by atoms with Gasteiger partial charge in [-0.25, -0.2) is 0 Å². The van der Waals surface area contributed by atoms with Crippen molar-refractivity contribution in [1.82, 2.24) is 3.96 Å². The first-order valence-corrected chi connectivity index (χ1v) is 11.1. The molecule has 0 saturated heterocycles. The lowest BCUT2D eigenvalue weighted by atomic mass is 9.84. The minimum Gasteiger partial charge on any atom is -0.496 e. The molecular weight excluding hydrogens is 392 g/mol. The van der Waals surface area contributed by atoms with E-state index in [0.29, 0.717) is 22.3 Å². The van der Waals surface area contributed by atoms with E-state index in [1.54, 1.807) is 36.8 Å². The SMILES string of the molecule is CCCC1CCc2c(/c(=N/C(=O)c3cc(Cl)ccc3OC)sn2C(C)(C)C)C1. The summed E-state index contributed by atoms with van der Waals surface area (Å²) in [5, 5.41) is 0.500. The summed E-state index contributed by atoms with van der Waals surface area (Å²) >= 11 is 7.70.